The van der Waals surface area contributed by atoms with Crippen LogP contribution in [-0.4, -0.2) is 31.9 Å². The Morgan fingerprint density at radius 2 is 1.89 bits per heavy atom. The molecule has 1 aromatic carbocycles. The Morgan fingerprint density at radius 1 is 1.28 bits per heavy atom. The van der Waals surface area contributed by atoms with Crippen LogP contribution in [0.5, 0.6) is 0 Å². The molecule has 0 bridgehead atoms. The molecule has 2 rings (SSSR count). The Kier molecular flexibility index (Phi) is 4.04. The number of aryl methyl sites for hydroxylation is 1. The van der Waals surface area contributed by atoms with Crippen molar-refractivity contribution >= 4 is 10.0 Å². The lowest BCUT2D eigenvalue weighted by Crippen LogP contribution is -2.37. The molecule has 2 N–H and O–H groups in total. The highest BCUT2D eigenvalue weighted by molar-refractivity contribution is 7.89. The molecular weight excluding hydrogens is 248 g/mol. The van der Waals surface area contributed by atoms with E-state index in [9.17, 15) is 8.42 Å². The van der Waals surface area contributed by atoms with Gasteiger partial charge in [-0.15, -0.1) is 0 Å². The minimum absolute atomic E-state index is 0.157. The molecule has 100 valence electrons. The lowest BCUT2D eigenvalue weighted by molar-refractivity contribution is 0.411. The molecule has 0 heterocycles. The quantitative estimate of drug-likeness (QED) is 0.847. The standard InChI is InChI=1S/C13H20N2O2S/c1-2-11-3-7-13(8-4-11)18(16,17)15(10-9-14)12-5-6-12/h3-4,7-8,12H,2,5-6,9-10,14H2,1H3. The molecule has 1 aliphatic rings. The van der Waals surface area contributed by atoms with Crippen molar-refractivity contribution in [3.63, 3.8) is 0 Å². The molecular formula is C13H20N2O2S. The first-order chi connectivity index (χ1) is 8.59. The highest BCUT2D eigenvalue weighted by atomic mass is 32.2. The zero-order chi connectivity index (χ0) is 13.2. The molecule has 1 saturated carbocycles. The van der Waals surface area contributed by atoms with Crippen LogP contribution < -0.4 is 5.73 Å². The number of hydrogen-bond donors (Lipinski definition) is 1. The largest absolute Gasteiger partial charge is 0.329 e. The van der Waals surface area contributed by atoms with Crippen LogP contribution in [0.4, 0.5) is 0 Å². The zero-order valence-corrected chi connectivity index (χ0v) is 11.5. The highest BCUT2D eigenvalue weighted by Gasteiger charge is 2.37. The Balaban J connectivity index is 2.27. The summed E-state index contributed by atoms with van der Waals surface area (Å²) in [4.78, 5) is 0.375. The molecule has 0 aliphatic heterocycles. The molecule has 1 aromatic rings. The van der Waals surface area contributed by atoms with Crippen molar-refractivity contribution in [3.8, 4) is 0 Å². The van der Waals surface area contributed by atoms with Crippen LogP contribution in [0, 0.1) is 0 Å². The van der Waals surface area contributed by atoms with Crippen molar-refractivity contribution in [3.05, 3.63) is 29.8 Å². The summed E-state index contributed by atoms with van der Waals surface area (Å²) < 4.78 is 26.5. The average Bonchev–Trinajstić information content (AvgIpc) is 3.20. The molecule has 0 aromatic heterocycles. The maximum atomic E-state index is 12.5. The van der Waals surface area contributed by atoms with Gasteiger partial charge < -0.3 is 5.73 Å². The Hall–Kier alpha value is -0.910. The fourth-order valence-corrected chi connectivity index (χ4v) is 3.72. The summed E-state index contributed by atoms with van der Waals surface area (Å²) in [6, 6.07) is 7.30. The van der Waals surface area contributed by atoms with E-state index in [0.717, 1.165) is 24.8 Å². The van der Waals surface area contributed by atoms with Gasteiger partial charge in [-0.3, -0.25) is 0 Å². The van der Waals surface area contributed by atoms with E-state index >= 15 is 0 Å². The van der Waals surface area contributed by atoms with Crippen molar-refractivity contribution in [1.82, 2.24) is 4.31 Å². The normalized spacial score (nSPS) is 16.2. The number of rotatable bonds is 6. The van der Waals surface area contributed by atoms with Gasteiger partial charge >= 0.3 is 0 Å². The van der Waals surface area contributed by atoms with Gasteiger partial charge in [0.05, 0.1) is 4.90 Å². The van der Waals surface area contributed by atoms with E-state index in [-0.39, 0.29) is 6.04 Å². The summed E-state index contributed by atoms with van der Waals surface area (Å²) >= 11 is 0. The van der Waals surface area contributed by atoms with Crippen LogP contribution in [-0.2, 0) is 16.4 Å². The predicted molar refractivity (Wildman–Crippen MR) is 71.8 cm³/mol. The topological polar surface area (TPSA) is 63.4 Å². The monoisotopic (exact) mass is 268 g/mol. The van der Waals surface area contributed by atoms with Gasteiger partial charge in [-0.25, -0.2) is 8.42 Å². The Labute approximate surface area is 109 Å². The number of nitrogens with zero attached hydrogens (tertiary/aromatic N) is 1. The summed E-state index contributed by atoms with van der Waals surface area (Å²) in [5, 5.41) is 0. The highest BCUT2D eigenvalue weighted by Crippen LogP contribution is 2.31. The molecule has 0 radical (unpaired) electrons. The first-order valence-corrected chi connectivity index (χ1v) is 7.84. The number of benzene rings is 1. The summed E-state index contributed by atoms with van der Waals surface area (Å²) in [5.41, 5.74) is 6.65. The van der Waals surface area contributed by atoms with Crippen LogP contribution in [0.3, 0.4) is 0 Å². The number of sulfonamides is 1. The van der Waals surface area contributed by atoms with E-state index in [1.54, 1.807) is 16.4 Å². The maximum absolute atomic E-state index is 12.5. The van der Waals surface area contributed by atoms with E-state index in [1.165, 1.54) is 0 Å². The lowest BCUT2D eigenvalue weighted by Gasteiger charge is -2.21. The van der Waals surface area contributed by atoms with Gasteiger partial charge in [0.1, 0.15) is 0 Å². The van der Waals surface area contributed by atoms with Gasteiger partial charge in [-0.1, -0.05) is 19.1 Å². The summed E-state index contributed by atoms with van der Waals surface area (Å²) in [7, 11) is -3.37. The average molecular weight is 268 g/mol. The first kappa shape index (κ1) is 13.5. The van der Waals surface area contributed by atoms with Crippen LogP contribution in [0.25, 0.3) is 0 Å². The van der Waals surface area contributed by atoms with Crippen molar-refractivity contribution in [1.29, 1.82) is 0 Å². The SMILES string of the molecule is CCc1ccc(S(=O)(=O)N(CCN)C2CC2)cc1. The third-order valence-electron chi connectivity index (χ3n) is 3.24. The van der Waals surface area contributed by atoms with E-state index in [4.69, 9.17) is 5.73 Å². The van der Waals surface area contributed by atoms with E-state index in [0.29, 0.717) is 18.0 Å². The second kappa shape index (κ2) is 5.38. The first-order valence-electron chi connectivity index (χ1n) is 6.40. The molecule has 0 unspecified atom stereocenters. The number of nitrogens with two attached hydrogens (primary N) is 1. The molecule has 18 heavy (non-hydrogen) atoms. The van der Waals surface area contributed by atoms with E-state index < -0.39 is 10.0 Å². The van der Waals surface area contributed by atoms with Gasteiger partial charge in [-0.2, -0.15) is 4.31 Å². The van der Waals surface area contributed by atoms with Gasteiger partial charge in [0.25, 0.3) is 0 Å². The lowest BCUT2D eigenvalue weighted by atomic mass is 10.2. The van der Waals surface area contributed by atoms with Crippen molar-refractivity contribution in [2.75, 3.05) is 13.1 Å². The van der Waals surface area contributed by atoms with Gasteiger partial charge in [0, 0.05) is 19.1 Å². The number of hydrogen-bond acceptors (Lipinski definition) is 3. The molecule has 5 heteroatoms. The fourth-order valence-electron chi connectivity index (χ4n) is 2.02. The smallest absolute Gasteiger partial charge is 0.243 e. The molecule has 0 spiro atoms. The van der Waals surface area contributed by atoms with Gasteiger partial charge in [-0.05, 0) is 37.0 Å². The summed E-state index contributed by atoms with van der Waals surface area (Å²) in [6.45, 7) is 2.82. The Bertz CT molecular complexity index is 492. The molecule has 4 nitrogen and oxygen atoms in total. The third-order valence-corrected chi connectivity index (χ3v) is 5.21. The van der Waals surface area contributed by atoms with Gasteiger partial charge in [0.2, 0.25) is 10.0 Å². The molecule has 0 amide bonds. The predicted octanol–water partition coefficient (Wildman–Crippen LogP) is 1.36. The van der Waals surface area contributed by atoms with Crippen LogP contribution in [0.15, 0.2) is 29.2 Å². The van der Waals surface area contributed by atoms with E-state index in [2.05, 4.69) is 6.92 Å². The molecule has 0 saturated heterocycles. The second-order valence-corrected chi connectivity index (χ2v) is 6.52. The van der Waals surface area contributed by atoms with Gasteiger partial charge in [0.15, 0.2) is 0 Å². The fraction of sp³-hybridized carbons (Fsp3) is 0.538. The van der Waals surface area contributed by atoms with Crippen molar-refractivity contribution < 1.29 is 8.42 Å². The van der Waals surface area contributed by atoms with Crippen LogP contribution in [0.2, 0.25) is 0 Å². The zero-order valence-electron chi connectivity index (χ0n) is 10.7. The molecule has 1 fully saturated rings. The van der Waals surface area contributed by atoms with Crippen molar-refractivity contribution in [2.45, 2.75) is 37.1 Å². The molecule has 0 atom stereocenters. The van der Waals surface area contributed by atoms with Crippen LogP contribution in [0.1, 0.15) is 25.3 Å². The minimum Gasteiger partial charge on any atom is -0.329 e. The van der Waals surface area contributed by atoms with Crippen molar-refractivity contribution in [2.24, 2.45) is 5.73 Å². The Morgan fingerprint density at radius 3 is 2.33 bits per heavy atom. The third kappa shape index (κ3) is 2.74. The molecule has 1 aliphatic carbocycles. The summed E-state index contributed by atoms with van der Waals surface area (Å²) in [6.07, 6.45) is 2.81. The van der Waals surface area contributed by atoms with Crippen LogP contribution >= 0.6 is 0 Å². The summed E-state index contributed by atoms with van der Waals surface area (Å²) in [5.74, 6) is 0. The van der Waals surface area contributed by atoms with E-state index in [1.807, 2.05) is 12.1 Å². The maximum Gasteiger partial charge on any atom is 0.243 e. The second-order valence-electron chi connectivity index (χ2n) is 4.63. The minimum atomic E-state index is -3.37.